The number of nitrogens with one attached hydrogen (secondary N) is 1. The third-order valence-corrected chi connectivity index (χ3v) is 6.56. The van der Waals surface area contributed by atoms with Crippen LogP contribution in [0.5, 0.6) is 0 Å². The van der Waals surface area contributed by atoms with Crippen molar-refractivity contribution in [1.29, 1.82) is 0 Å². The SMILES string of the molecule is Cc1ccc(C2(c3c[nH]c4c(C(=O)N(C)Cc5nnc(C)o5)cccc34)CCC2)cc1. The Labute approximate surface area is 181 Å². The molecule has 2 aromatic heterocycles. The van der Waals surface area contributed by atoms with Crippen LogP contribution in [0.3, 0.4) is 0 Å². The first kappa shape index (κ1) is 19.5. The number of rotatable bonds is 5. The molecule has 2 heterocycles. The van der Waals surface area contributed by atoms with Gasteiger partial charge in [0, 0.05) is 31.0 Å². The number of H-pyrrole nitrogens is 1. The highest BCUT2D eigenvalue weighted by atomic mass is 16.4. The molecule has 5 rings (SSSR count). The van der Waals surface area contributed by atoms with Crippen molar-refractivity contribution in [1.82, 2.24) is 20.1 Å². The minimum absolute atomic E-state index is 0.0147. The van der Waals surface area contributed by atoms with Gasteiger partial charge in [-0.2, -0.15) is 0 Å². The Balaban J connectivity index is 1.51. The molecule has 6 nitrogen and oxygen atoms in total. The van der Waals surface area contributed by atoms with Gasteiger partial charge in [-0.1, -0.05) is 48.4 Å². The number of para-hydroxylation sites is 1. The molecule has 0 radical (unpaired) electrons. The summed E-state index contributed by atoms with van der Waals surface area (Å²) in [5, 5.41) is 8.96. The third kappa shape index (κ3) is 3.23. The fraction of sp³-hybridized carbons (Fsp3) is 0.320. The summed E-state index contributed by atoms with van der Waals surface area (Å²) in [6.07, 6.45) is 5.56. The van der Waals surface area contributed by atoms with Gasteiger partial charge in [-0.05, 0) is 37.0 Å². The third-order valence-electron chi connectivity index (χ3n) is 6.56. The van der Waals surface area contributed by atoms with Gasteiger partial charge < -0.3 is 14.3 Å². The largest absolute Gasteiger partial charge is 0.424 e. The minimum Gasteiger partial charge on any atom is -0.424 e. The Bertz CT molecular complexity index is 1250. The molecule has 0 bridgehead atoms. The van der Waals surface area contributed by atoms with Crippen LogP contribution in [0.1, 0.15) is 58.1 Å². The van der Waals surface area contributed by atoms with Crippen LogP contribution in [0.15, 0.2) is 53.1 Å². The number of benzene rings is 2. The van der Waals surface area contributed by atoms with Gasteiger partial charge in [-0.3, -0.25) is 4.79 Å². The van der Waals surface area contributed by atoms with Crippen molar-refractivity contribution in [2.24, 2.45) is 0 Å². The summed E-state index contributed by atoms with van der Waals surface area (Å²) >= 11 is 0. The molecule has 31 heavy (non-hydrogen) atoms. The maximum atomic E-state index is 13.2. The quantitative estimate of drug-likeness (QED) is 0.503. The average Bonchev–Trinajstić information content (AvgIpc) is 3.34. The molecule has 1 amide bonds. The first-order valence-corrected chi connectivity index (χ1v) is 10.7. The molecule has 0 saturated heterocycles. The molecule has 4 aromatic rings. The lowest BCUT2D eigenvalue weighted by atomic mass is 9.60. The number of aromatic amines is 1. The molecule has 0 atom stereocenters. The van der Waals surface area contributed by atoms with Crippen LogP contribution < -0.4 is 0 Å². The number of aromatic nitrogens is 3. The van der Waals surface area contributed by atoms with Crippen molar-refractivity contribution in [3.05, 3.63) is 82.7 Å². The number of carbonyl (C=O) groups is 1. The number of fused-ring (bicyclic) bond motifs is 1. The van der Waals surface area contributed by atoms with E-state index in [1.807, 2.05) is 12.1 Å². The first-order chi connectivity index (χ1) is 15.0. The fourth-order valence-electron chi connectivity index (χ4n) is 4.73. The molecule has 1 aliphatic carbocycles. The molecule has 0 aliphatic heterocycles. The lowest BCUT2D eigenvalue weighted by Crippen LogP contribution is -2.35. The summed E-state index contributed by atoms with van der Waals surface area (Å²) in [5.41, 5.74) is 5.45. The minimum atomic E-state index is -0.0761. The molecule has 0 unspecified atom stereocenters. The average molecular weight is 415 g/mol. The van der Waals surface area contributed by atoms with E-state index in [0.29, 0.717) is 17.3 Å². The van der Waals surface area contributed by atoms with E-state index >= 15 is 0 Å². The van der Waals surface area contributed by atoms with Crippen molar-refractivity contribution in [2.75, 3.05) is 7.05 Å². The van der Waals surface area contributed by atoms with E-state index in [1.54, 1.807) is 18.9 Å². The van der Waals surface area contributed by atoms with Crippen LogP contribution in [0, 0.1) is 13.8 Å². The fourth-order valence-corrected chi connectivity index (χ4v) is 4.73. The normalized spacial score (nSPS) is 15.1. The van der Waals surface area contributed by atoms with E-state index in [9.17, 15) is 4.79 Å². The van der Waals surface area contributed by atoms with Gasteiger partial charge in [-0.25, -0.2) is 0 Å². The molecule has 1 N–H and O–H groups in total. The number of nitrogens with zero attached hydrogens (tertiary/aromatic N) is 3. The molecule has 6 heteroatoms. The van der Waals surface area contributed by atoms with E-state index in [2.05, 4.69) is 58.6 Å². The number of hydrogen-bond donors (Lipinski definition) is 1. The van der Waals surface area contributed by atoms with Crippen LogP contribution in [-0.2, 0) is 12.0 Å². The summed E-state index contributed by atoms with van der Waals surface area (Å²) in [6, 6.07) is 14.8. The number of amides is 1. The second-order valence-corrected chi connectivity index (χ2v) is 8.61. The van der Waals surface area contributed by atoms with Crippen molar-refractivity contribution < 1.29 is 9.21 Å². The molecule has 0 spiro atoms. The van der Waals surface area contributed by atoms with E-state index in [4.69, 9.17) is 4.42 Å². The zero-order valence-corrected chi connectivity index (χ0v) is 18.1. The summed E-state index contributed by atoms with van der Waals surface area (Å²) in [4.78, 5) is 18.3. The predicted molar refractivity (Wildman–Crippen MR) is 119 cm³/mol. The second-order valence-electron chi connectivity index (χ2n) is 8.61. The highest BCUT2D eigenvalue weighted by molar-refractivity contribution is 6.06. The van der Waals surface area contributed by atoms with Gasteiger partial charge in [0.25, 0.3) is 5.91 Å². The number of carbonyl (C=O) groups excluding carboxylic acids is 1. The van der Waals surface area contributed by atoms with Gasteiger partial charge in [0.2, 0.25) is 11.8 Å². The van der Waals surface area contributed by atoms with E-state index in [1.165, 1.54) is 23.1 Å². The lowest BCUT2D eigenvalue weighted by Gasteiger charge is -2.42. The van der Waals surface area contributed by atoms with Gasteiger partial charge in [0.05, 0.1) is 17.6 Å². The van der Waals surface area contributed by atoms with E-state index in [0.717, 1.165) is 23.7 Å². The lowest BCUT2D eigenvalue weighted by molar-refractivity contribution is 0.0774. The summed E-state index contributed by atoms with van der Waals surface area (Å²) in [6.45, 7) is 4.13. The summed E-state index contributed by atoms with van der Waals surface area (Å²) in [5.74, 6) is 0.849. The Hall–Kier alpha value is -3.41. The number of hydrogen-bond acceptors (Lipinski definition) is 4. The van der Waals surface area contributed by atoms with Crippen molar-refractivity contribution in [3.63, 3.8) is 0 Å². The van der Waals surface area contributed by atoms with E-state index in [-0.39, 0.29) is 17.9 Å². The summed E-state index contributed by atoms with van der Waals surface area (Å²) < 4.78 is 5.43. The maximum absolute atomic E-state index is 13.2. The van der Waals surface area contributed by atoms with Gasteiger partial charge in [-0.15, -0.1) is 10.2 Å². The summed E-state index contributed by atoms with van der Waals surface area (Å²) in [7, 11) is 1.75. The van der Waals surface area contributed by atoms with Crippen molar-refractivity contribution in [3.8, 4) is 0 Å². The van der Waals surface area contributed by atoms with Crippen LogP contribution in [0.4, 0.5) is 0 Å². The highest BCUT2D eigenvalue weighted by Crippen LogP contribution is 2.51. The molecule has 158 valence electrons. The Morgan fingerprint density at radius 3 is 2.55 bits per heavy atom. The Morgan fingerprint density at radius 1 is 1.13 bits per heavy atom. The van der Waals surface area contributed by atoms with E-state index < -0.39 is 0 Å². The highest BCUT2D eigenvalue weighted by Gasteiger charge is 2.42. The zero-order valence-electron chi connectivity index (χ0n) is 18.1. The van der Waals surface area contributed by atoms with Gasteiger partial charge >= 0.3 is 0 Å². The molecule has 2 aromatic carbocycles. The number of aryl methyl sites for hydroxylation is 2. The Morgan fingerprint density at radius 2 is 1.90 bits per heavy atom. The standard InChI is InChI=1S/C25H26N4O2/c1-16-8-10-18(11-9-16)25(12-5-13-25)21-14-26-23-19(21)6-4-7-20(23)24(30)29(3)15-22-28-27-17(2)31-22/h4,6-11,14,26H,5,12-13,15H2,1-3H3. The smallest absolute Gasteiger partial charge is 0.256 e. The molecule has 1 fully saturated rings. The molecular formula is C25H26N4O2. The Kier molecular flexibility index (Phi) is 4.65. The van der Waals surface area contributed by atoms with Crippen LogP contribution in [0.25, 0.3) is 10.9 Å². The van der Waals surface area contributed by atoms with Gasteiger partial charge in [0.1, 0.15) is 0 Å². The first-order valence-electron chi connectivity index (χ1n) is 10.7. The molecular weight excluding hydrogens is 388 g/mol. The maximum Gasteiger partial charge on any atom is 0.256 e. The molecule has 1 aliphatic rings. The van der Waals surface area contributed by atoms with Crippen LogP contribution in [-0.4, -0.2) is 33.0 Å². The topological polar surface area (TPSA) is 75.0 Å². The van der Waals surface area contributed by atoms with Crippen molar-refractivity contribution in [2.45, 2.75) is 45.1 Å². The monoisotopic (exact) mass is 414 g/mol. The predicted octanol–water partition coefficient (Wildman–Crippen LogP) is 4.91. The van der Waals surface area contributed by atoms with Crippen molar-refractivity contribution >= 4 is 16.8 Å². The van der Waals surface area contributed by atoms with Crippen LogP contribution >= 0.6 is 0 Å². The second kappa shape index (κ2) is 7.38. The van der Waals surface area contributed by atoms with Gasteiger partial charge in [0.15, 0.2) is 0 Å². The molecule has 1 saturated carbocycles. The van der Waals surface area contributed by atoms with Crippen LogP contribution in [0.2, 0.25) is 0 Å². The zero-order chi connectivity index (χ0) is 21.6.